The maximum atomic E-state index is 13.2. The molecular formula is C14H10FNO. The van der Waals surface area contributed by atoms with Crippen LogP contribution in [0.15, 0.2) is 54.7 Å². The summed E-state index contributed by atoms with van der Waals surface area (Å²) in [5.41, 5.74) is 0.879. The number of benzene rings is 1. The van der Waals surface area contributed by atoms with Crippen LogP contribution in [0.4, 0.5) is 4.39 Å². The zero-order valence-corrected chi connectivity index (χ0v) is 9.01. The predicted molar refractivity (Wildman–Crippen MR) is 64.0 cm³/mol. The Labute approximate surface area is 98.4 Å². The summed E-state index contributed by atoms with van der Waals surface area (Å²) >= 11 is 0. The van der Waals surface area contributed by atoms with Crippen LogP contribution < -0.4 is 0 Å². The number of carbonyl (C=O) groups excluding carboxylic acids is 1. The Balaban J connectivity index is 2.18. The molecule has 3 heteroatoms. The van der Waals surface area contributed by atoms with Crippen LogP contribution in [0.2, 0.25) is 0 Å². The fourth-order valence-corrected chi connectivity index (χ4v) is 1.40. The van der Waals surface area contributed by atoms with E-state index in [4.69, 9.17) is 0 Å². The first-order valence-corrected chi connectivity index (χ1v) is 5.15. The van der Waals surface area contributed by atoms with Gasteiger partial charge in [0, 0.05) is 6.20 Å². The van der Waals surface area contributed by atoms with Gasteiger partial charge in [-0.05, 0) is 23.8 Å². The van der Waals surface area contributed by atoms with Crippen molar-refractivity contribution in [2.75, 3.05) is 0 Å². The van der Waals surface area contributed by atoms with Crippen molar-refractivity contribution >= 4 is 11.9 Å². The fourth-order valence-electron chi connectivity index (χ4n) is 1.40. The van der Waals surface area contributed by atoms with Crippen LogP contribution in [-0.2, 0) is 0 Å². The third-order valence-corrected chi connectivity index (χ3v) is 2.25. The van der Waals surface area contributed by atoms with E-state index >= 15 is 0 Å². The van der Waals surface area contributed by atoms with E-state index in [1.165, 1.54) is 24.4 Å². The van der Waals surface area contributed by atoms with Gasteiger partial charge in [-0.3, -0.25) is 4.79 Å². The quantitative estimate of drug-likeness (QED) is 0.458. The van der Waals surface area contributed by atoms with E-state index in [-0.39, 0.29) is 11.3 Å². The summed E-state index contributed by atoms with van der Waals surface area (Å²) in [6.07, 6.45) is 4.30. The molecule has 17 heavy (non-hydrogen) atoms. The highest BCUT2D eigenvalue weighted by Gasteiger charge is 2.08. The van der Waals surface area contributed by atoms with Gasteiger partial charge in [-0.25, -0.2) is 4.98 Å². The summed E-state index contributed by atoms with van der Waals surface area (Å²) < 4.78 is 13.2. The first kappa shape index (κ1) is 11.2. The molecule has 2 rings (SSSR count). The zero-order valence-electron chi connectivity index (χ0n) is 9.01. The number of allylic oxidation sites excluding steroid dienone is 1. The van der Waals surface area contributed by atoms with Crippen LogP contribution in [0, 0.1) is 5.95 Å². The van der Waals surface area contributed by atoms with Gasteiger partial charge in [-0.1, -0.05) is 36.4 Å². The Hall–Kier alpha value is -2.29. The highest BCUT2D eigenvalue weighted by molar-refractivity contribution is 6.06. The maximum Gasteiger partial charge on any atom is 0.224 e. The molecule has 0 radical (unpaired) electrons. The van der Waals surface area contributed by atoms with Gasteiger partial charge in [0.25, 0.3) is 0 Å². The maximum absolute atomic E-state index is 13.2. The number of ketones is 1. The van der Waals surface area contributed by atoms with Gasteiger partial charge < -0.3 is 0 Å². The summed E-state index contributed by atoms with van der Waals surface area (Å²) in [6.45, 7) is 0. The fraction of sp³-hybridized carbons (Fsp3) is 0. The molecule has 0 saturated carbocycles. The Morgan fingerprint density at radius 3 is 2.59 bits per heavy atom. The first-order valence-electron chi connectivity index (χ1n) is 5.15. The normalized spacial score (nSPS) is 10.6. The summed E-state index contributed by atoms with van der Waals surface area (Å²) in [4.78, 5) is 15.1. The molecule has 1 aromatic carbocycles. The van der Waals surface area contributed by atoms with E-state index in [0.717, 1.165) is 5.56 Å². The Morgan fingerprint density at radius 1 is 1.12 bits per heavy atom. The molecule has 2 aromatic rings. The van der Waals surface area contributed by atoms with Crippen LogP contribution in [-0.4, -0.2) is 10.8 Å². The second kappa shape index (κ2) is 5.16. The molecule has 0 unspecified atom stereocenters. The topological polar surface area (TPSA) is 30.0 Å². The Morgan fingerprint density at radius 2 is 1.88 bits per heavy atom. The molecule has 0 bridgehead atoms. The second-order valence-corrected chi connectivity index (χ2v) is 3.45. The van der Waals surface area contributed by atoms with Crippen LogP contribution >= 0.6 is 0 Å². The SMILES string of the molecule is O=C(C=Cc1ccccc1)c1cccnc1F. The number of pyridine rings is 1. The third kappa shape index (κ3) is 2.84. The predicted octanol–water partition coefficient (Wildman–Crippen LogP) is 3.12. The van der Waals surface area contributed by atoms with Crippen LogP contribution in [0.5, 0.6) is 0 Å². The van der Waals surface area contributed by atoms with Crippen molar-refractivity contribution in [3.63, 3.8) is 0 Å². The van der Waals surface area contributed by atoms with Gasteiger partial charge in [-0.15, -0.1) is 0 Å². The lowest BCUT2D eigenvalue weighted by atomic mass is 10.1. The third-order valence-electron chi connectivity index (χ3n) is 2.25. The van der Waals surface area contributed by atoms with Crippen molar-refractivity contribution in [2.24, 2.45) is 0 Å². The average Bonchev–Trinajstić information content (AvgIpc) is 2.38. The number of carbonyl (C=O) groups is 1. The zero-order chi connectivity index (χ0) is 12.1. The minimum atomic E-state index is -0.741. The molecule has 1 aromatic heterocycles. The standard InChI is InChI=1S/C14H10FNO/c15-14-12(7-4-10-16-14)13(17)9-8-11-5-2-1-3-6-11/h1-10H. The average molecular weight is 227 g/mol. The molecule has 2 nitrogen and oxygen atoms in total. The van der Waals surface area contributed by atoms with Gasteiger partial charge >= 0.3 is 0 Å². The summed E-state index contributed by atoms with van der Waals surface area (Å²) in [7, 11) is 0. The van der Waals surface area contributed by atoms with Crippen molar-refractivity contribution in [3.8, 4) is 0 Å². The van der Waals surface area contributed by atoms with Gasteiger partial charge in [-0.2, -0.15) is 4.39 Å². The number of aromatic nitrogens is 1. The van der Waals surface area contributed by atoms with Gasteiger partial charge in [0.2, 0.25) is 5.95 Å². The number of nitrogens with zero attached hydrogens (tertiary/aromatic N) is 1. The number of hydrogen-bond acceptors (Lipinski definition) is 2. The molecule has 0 aliphatic heterocycles. The summed E-state index contributed by atoms with van der Waals surface area (Å²) in [5.74, 6) is -1.13. The molecule has 0 spiro atoms. The molecule has 0 saturated heterocycles. The van der Waals surface area contributed by atoms with Crippen molar-refractivity contribution in [2.45, 2.75) is 0 Å². The molecule has 0 aliphatic rings. The van der Waals surface area contributed by atoms with Gasteiger partial charge in [0.1, 0.15) is 0 Å². The van der Waals surface area contributed by atoms with E-state index in [0.29, 0.717) is 0 Å². The molecule has 0 fully saturated rings. The molecule has 0 atom stereocenters. The lowest BCUT2D eigenvalue weighted by Crippen LogP contribution is -1.99. The minimum Gasteiger partial charge on any atom is -0.289 e. The Kier molecular flexibility index (Phi) is 3.40. The van der Waals surface area contributed by atoms with Crippen LogP contribution in [0.25, 0.3) is 6.08 Å². The largest absolute Gasteiger partial charge is 0.289 e. The Bertz CT molecular complexity index is 549. The van der Waals surface area contributed by atoms with E-state index in [2.05, 4.69) is 4.98 Å². The van der Waals surface area contributed by atoms with Crippen molar-refractivity contribution < 1.29 is 9.18 Å². The van der Waals surface area contributed by atoms with Gasteiger partial charge in [0.05, 0.1) is 5.56 Å². The second-order valence-electron chi connectivity index (χ2n) is 3.45. The summed E-state index contributed by atoms with van der Waals surface area (Å²) in [5, 5.41) is 0. The lowest BCUT2D eigenvalue weighted by Gasteiger charge is -1.96. The van der Waals surface area contributed by atoms with E-state index in [9.17, 15) is 9.18 Å². The van der Waals surface area contributed by atoms with Crippen molar-refractivity contribution in [1.29, 1.82) is 0 Å². The smallest absolute Gasteiger partial charge is 0.224 e. The van der Waals surface area contributed by atoms with Crippen molar-refractivity contribution in [3.05, 3.63) is 71.8 Å². The monoisotopic (exact) mass is 227 g/mol. The highest BCUT2D eigenvalue weighted by Crippen LogP contribution is 2.07. The minimum absolute atomic E-state index is 0.0142. The lowest BCUT2D eigenvalue weighted by molar-refractivity contribution is 0.104. The molecule has 0 aliphatic carbocycles. The summed E-state index contributed by atoms with van der Waals surface area (Å²) in [6, 6.07) is 12.3. The van der Waals surface area contributed by atoms with E-state index in [1.807, 2.05) is 30.3 Å². The number of halogens is 1. The molecule has 0 N–H and O–H groups in total. The van der Waals surface area contributed by atoms with E-state index < -0.39 is 5.95 Å². The van der Waals surface area contributed by atoms with Gasteiger partial charge in [0.15, 0.2) is 5.78 Å². The van der Waals surface area contributed by atoms with Crippen molar-refractivity contribution in [1.82, 2.24) is 4.98 Å². The van der Waals surface area contributed by atoms with Crippen LogP contribution in [0.3, 0.4) is 0 Å². The molecule has 84 valence electrons. The number of rotatable bonds is 3. The number of hydrogen-bond donors (Lipinski definition) is 0. The molecule has 0 amide bonds. The highest BCUT2D eigenvalue weighted by atomic mass is 19.1. The van der Waals surface area contributed by atoms with E-state index in [1.54, 1.807) is 6.08 Å². The van der Waals surface area contributed by atoms with Crippen LogP contribution in [0.1, 0.15) is 15.9 Å². The first-order chi connectivity index (χ1) is 8.27. The molecule has 1 heterocycles. The molecular weight excluding hydrogens is 217 g/mol.